The number of carbonyl (C=O) groups is 1. The minimum Gasteiger partial charge on any atom is -0.467 e. The molecular weight excluding hydrogens is 274 g/mol. The highest BCUT2D eigenvalue weighted by atomic mass is 16.6. The van der Waals surface area contributed by atoms with Crippen molar-refractivity contribution in [2.24, 2.45) is 0 Å². The molecule has 0 aliphatic rings. The van der Waals surface area contributed by atoms with Crippen molar-refractivity contribution in [3.63, 3.8) is 0 Å². The predicted molar refractivity (Wildman–Crippen MR) is 77.3 cm³/mol. The molecule has 0 bridgehead atoms. The van der Waals surface area contributed by atoms with E-state index in [9.17, 15) is 14.9 Å². The van der Waals surface area contributed by atoms with Gasteiger partial charge in [-0.2, -0.15) is 0 Å². The van der Waals surface area contributed by atoms with Crippen LogP contribution in [0.15, 0.2) is 41.0 Å². The number of anilines is 1. The second kappa shape index (κ2) is 6.08. The van der Waals surface area contributed by atoms with Crippen molar-refractivity contribution < 1.29 is 14.1 Å². The van der Waals surface area contributed by atoms with Gasteiger partial charge in [-0.05, 0) is 24.3 Å². The summed E-state index contributed by atoms with van der Waals surface area (Å²) in [5, 5.41) is 13.7. The molecule has 1 N–H and O–H groups in total. The summed E-state index contributed by atoms with van der Waals surface area (Å²) in [7, 11) is 3.41. The van der Waals surface area contributed by atoms with Crippen molar-refractivity contribution in [1.82, 2.24) is 5.32 Å². The van der Waals surface area contributed by atoms with E-state index in [2.05, 4.69) is 5.32 Å². The van der Waals surface area contributed by atoms with Crippen LogP contribution in [0, 0.1) is 10.1 Å². The largest absolute Gasteiger partial charge is 0.467 e. The number of hydrogen-bond donors (Lipinski definition) is 1. The highest BCUT2D eigenvalue weighted by molar-refractivity contribution is 5.95. The minimum absolute atomic E-state index is 0.106. The first-order valence-electron chi connectivity index (χ1n) is 6.25. The van der Waals surface area contributed by atoms with Crippen molar-refractivity contribution >= 4 is 17.3 Å². The van der Waals surface area contributed by atoms with Gasteiger partial charge in [0, 0.05) is 25.7 Å². The zero-order valence-electron chi connectivity index (χ0n) is 11.7. The lowest BCUT2D eigenvalue weighted by molar-refractivity contribution is -0.384. The van der Waals surface area contributed by atoms with Crippen LogP contribution >= 0.6 is 0 Å². The lowest BCUT2D eigenvalue weighted by atomic mass is 10.1. The Hall–Kier alpha value is -2.83. The van der Waals surface area contributed by atoms with Gasteiger partial charge < -0.3 is 14.6 Å². The third-order valence-corrected chi connectivity index (χ3v) is 2.92. The number of hydrogen-bond acceptors (Lipinski definition) is 5. The summed E-state index contributed by atoms with van der Waals surface area (Å²) < 4.78 is 5.10. The van der Waals surface area contributed by atoms with E-state index in [1.165, 1.54) is 12.3 Å². The number of benzene rings is 1. The van der Waals surface area contributed by atoms with Crippen molar-refractivity contribution in [3.8, 4) is 0 Å². The minimum atomic E-state index is -0.501. The van der Waals surface area contributed by atoms with Gasteiger partial charge in [-0.15, -0.1) is 0 Å². The van der Waals surface area contributed by atoms with E-state index in [4.69, 9.17) is 4.42 Å². The molecule has 0 saturated heterocycles. The van der Waals surface area contributed by atoms with Gasteiger partial charge in [0.15, 0.2) is 0 Å². The standard InChI is InChI=1S/C14H15N3O4/c1-16(2)12-6-5-10(8-13(12)17(19)20)14(18)15-9-11-4-3-7-21-11/h3-8H,9H2,1-2H3,(H,15,18). The van der Waals surface area contributed by atoms with E-state index < -0.39 is 4.92 Å². The summed E-state index contributed by atoms with van der Waals surface area (Å²) in [5.74, 6) is 0.225. The Balaban J connectivity index is 2.17. The van der Waals surface area contributed by atoms with Crippen LogP contribution in [0.5, 0.6) is 0 Å². The molecule has 2 aromatic rings. The number of nitro groups is 1. The zero-order valence-corrected chi connectivity index (χ0v) is 11.7. The summed E-state index contributed by atoms with van der Waals surface area (Å²) in [5.41, 5.74) is 0.576. The van der Waals surface area contributed by atoms with E-state index >= 15 is 0 Å². The van der Waals surface area contributed by atoms with Crippen LogP contribution in [0.1, 0.15) is 16.1 Å². The molecule has 0 saturated carbocycles. The lowest BCUT2D eigenvalue weighted by Gasteiger charge is -2.13. The average molecular weight is 289 g/mol. The smallest absolute Gasteiger partial charge is 0.293 e. The molecule has 0 aliphatic heterocycles. The number of amides is 1. The maximum atomic E-state index is 12.0. The fourth-order valence-corrected chi connectivity index (χ4v) is 1.87. The summed E-state index contributed by atoms with van der Waals surface area (Å²) in [6.45, 7) is 0.231. The second-order valence-corrected chi connectivity index (χ2v) is 4.62. The summed E-state index contributed by atoms with van der Waals surface area (Å²) in [6, 6.07) is 7.84. The molecule has 7 heteroatoms. The number of rotatable bonds is 5. The number of nitro benzene ring substituents is 1. The van der Waals surface area contributed by atoms with Crippen molar-refractivity contribution in [3.05, 3.63) is 58.0 Å². The van der Waals surface area contributed by atoms with Gasteiger partial charge in [0.2, 0.25) is 0 Å². The number of furan rings is 1. The quantitative estimate of drug-likeness (QED) is 0.673. The number of carbonyl (C=O) groups excluding carboxylic acids is 1. The zero-order chi connectivity index (χ0) is 15.4. The van der Waals surface area contributed by atoms with Gasteiger partial charge in [-0.3, -0.25) is 14.9 Å². The van der Waals surface area contributed by atoms with Gasteiger partial charge >= 0.3 is 0 Å². The molecule has 0 unspecified atom stereocenters. The highest BCUT2D eigenvalue weighted by Gasteiger charge is 2.18. The lowest BCUT2D eigenvalue weighted by Crippen LogP contribution is -2.23. The van der Waals surface area contributed by atoms with Gasteiger partial charge in [0.05, 0.1) is 17.7 Å². The Morgan fingerprint density at radius 2 is 2.14 bits per heavy atom. The van der Waals surface area contributed by atoms with Crippen LogP contribution in [0.3, 0.4) is 0 Å². The van der Waals surface area contributed by atoms with Gasteiger partial charge in [0.1, 0.15) is 11.4 Å². The van der Waals surface area contributed by atoms with Gasteiger partial charge in [-0.25, -0.2) is 0 Å². The highest BCUT2D eigenvalue weighted by Crippen LogP contribution is 2.27. The van der Waals surface area contributed by atoms with Crippen LogP contribution in [-0.4, -0.2) is 24.9 Å². The van der Waals surface area contributed by atoms with Crippen molar-refractivity contribution in [2.45, 2.75) is 6.54 Å². The fourth-order valence-electron chi connectivity index (χ4n) is 1.87. The van der Waals surface area contributed by atoms with Crippen molar-refractivity contribution in [2.75, 3.05) is 19.0 Å². The molecular formula is C14H15N3O4. The first-order chi connectivity index (χ1) is 9.99. The molecule has 7 nitrogen and oxygen atoms in total. The maximum Gasteiger partial charge on any atom is 0.293 e. The molecule has 1 aromatic carbocycles. The van der Waals surface area contributed by atoms with E-state index in [-0.39, 0.29) is 23.7 Å². The summed E-state index contributed by atoms with van der Waals surface area (Å²) >= 11 is 0. The molecule has 1 heterocycles. The summed E-state index contributed by atoms with van der Waals surface area (Å²) in [6.07, 6.45) is 1.51. The summed E-state index contributed by atoms with van der Waals surface area (Å²) in [4.78, 5) is 24.2. The molecule has 0 fully saturated rings. The average Bonchev–Trinajstić information content (AvgIpc) is 2.97. The molecule has 2 rings (SSSR count). The molecule has 110 valence electrons. The molecule has 0 aliphatic carbocycles. The SMILES string of the molecule is CN(C)c1ccc(C(=O)NCc2ccco2)cc1[N+](=O)[O-]. The fraction of sp³-hybridized carbons (Fsp3) is 0.214. The van der Waals surface area contributed by atoms with E-state index in [1.807, 2.05) is 0 Å². The Kier molecular flexibility index (Phi) is 4.22. The van der Waals surface area contributed by atoms with E-state index in [1.54, 1.807) is 43.3 Å². The monoisotopic (exact) mass is 289 g/mol. The molecule has 21 heavy (non-hydrogen) atoms. The Bertz CT molecular complexity index is 650. The maximum absolute atomic E-state index is 12.0. The van der Waals surface area contributed by atoms with Crippen LogP contribution in [0.25, 0.3) is 0 Å². The van der Waals surface area contributed by atoms with Gasteiger partial charge in [-0.1, -0.05) is 0 Å². The number of nitrogens with one attached hydrogen (secondary N) is 1. The predicted octanol–water partition coefficient (Wildman–Crippen LogP) is 2.18. The van der Waals surface area contributed by atoms with E-state index in [0.717, 1.165) is 0 Å². The first kappa shape index (κ1) is 14.6. The third kappa shape index (κ3) is 3.38. The Labute approximate surface area is 121 Å². The molecule has 1 aromatic heterocycles. The number of nitrogens with zero attached hydrogens (tertiary/aromatic N) is 2. The van der Waals surface area contributed by atoms with Crippen LogP contribution < -0.4 is 10.2 Å². The molecule has 1 amide bonds. The molecule has 0 atom stereocenters. The second-order valence-electron chi connectivity index (χ2n) is 4.62. The Morgan fingerprint density at radius 3 is 2.71 bits per heavy atom. The Morgan fingerprint density at radius 1 is 1.38 bits per heavy atom. The van der Waals surface area contributed by atoms with E-state index in [0.29, 0.717) is 11.4 Å². The molecule has 0 spiro atoms. The normalized spacial score (nSPS) is 10.2. The third-order valence-electron chi connectivity index (χ3n) is 2.92. The topological polar surface area (TPSA) is 88.6 Å². The molecule has 0 radical (unpaired) electrons. The van der Waals surface area contributed by atoms with Crippen molar-refractivity contribution in [1.29, 1.82) is 0 Å². The van der Waals surface area contributed by atoms with Crippen LogP contribution in [0.2, 0.25) is 0 Å². The van der Waals surface area contributed by atoms with Gasteiger partial charge in [0.25, 0.3) is 11.6 Å². The van der Waals surface area contributed by atoms with Crippen LogP contribution in [0.4, 0.5) is 11.4 Å². The first-order valence-corrected chi connectivity index (χ1v) is 6.25. The van der Waals surface area contributed by atoms with Crippen LogP contribution in [-0.2, 0) is 6.54 Å².